The summed E-state index contributed by atoms with van der Waals surface area (Å²) in [6.07, 6.45) is -0.365. The Morgan fingerprint density at radius 2 is 1.76 bits per heavy atom. The number of amides is 3. The van der Waals surface area contributed by atoms with Crippen molar-refractivity contribution in [2.24, 2.45) is 0 Å². The molecule has 10 heteroatoms. The maximum Gasteiger partial charge on any atom is 0.408 e. The lowest BCUT2D eigenvalue weighted by molar-refractivity contribution is -0.145. The number of nitrogens with zero attached hydrogens (tertiary/aromatic N) is 1. The highest BCUT2D eigenvalue weighted by Gasteiger charge is 2.36. The van der Waals surface area contributed by atoms with E-state index in [2.05, 4.69) is 15.4 Å². The van der Waals surface area contributed by atoms with Crippen molar-refractivity contribution in [3.8, 4) is 0 Å². The van der Waals surface area contributed by atoms with Gasteiger partial charge in [-0.3, -0.25) is 14.4 Å². The van der Waals surface area contributed by atoms with Crippen LogP contribution in [0, 0.1) is 13.8 Å². The van der Waals surface area contributed by atoms with Gasteiger partial charge in [-0.1, -0.05) is 25.1 Å². The number of benzene rings is 1. The summed E-state index contributed by atoms with van der Waals surface area (Å²) in [6, 6.07) is 2.93. The molecule has 0 spiro atoms. The number of aryl methyl sites for hydroxylation is 2. The van der Waals surface area contributed by atoms with E-state index < -0.39 is 48.2 Å². The first-order valence-corrected chi connectivity index (χ1v) is 11.2. The highest BCUT2D eigenvalue weighted by Crippen LogP contribution is 2.25. The summed E-state index contributed by atoms with van der Waals surface area (Å²) in [5, 5.41) is 14.7. The summed E-state index contributed by atoms with van der Waals surface area (Å²) in [4.78, 5) is 51.8. The van der Waals surface area contributed by atoms with E-state index in [0.29, 0.717) is 12.0 Å². The van der Waals surface area contributed by atoms with Gasteiger partial charge in [0.15, 0.2) is 0 Å². The fourth-order valence-corrected chi connectivity index (χ4v) is 3.18. The Morgan fingerprint density at radius 3 is 2.26 bits per heavy atom. The summed E-state index contributed by atoms with van der Waals surface area (Å²) in [6.45, 7) is 9.76. The van der Waals surface area contributed by atoms with Gasteiger partial charge < -0.3 is 30.1 Å². The van der Waals surface area contributed by atoms with Crippen LogP contribution >= 0.6 is 0 Å². The van der Waals surface area contributed by atoms with Crippen LogP contribution in [-0.4, -0.2) is 72.3 Å². The average Bonchev–Trinajstić information content (AvgIpc) is 2.76. The van der Waals surface area contributed by atoms with Gasteiger partial charge in [-0.2, -0.15) is 0 Å². The van der Waals surface area contributed by atoms with E-state index in [1.807, 2.05) is 26.8 Å². The molecule has 1 rings (SSSR count). The molecule has 0 aromatic heterocycles. The molecule has 1 aromatic rings. The van der Waals surface area contributed by atoms with E-state index in [1.54, 1.807) is 32.9 Å². The Labute approximate surface area is 201 Å². The number of carbonyl (C=O) groups is 4. The maximum absolute atomic E-state index is 13.5. The molecule has 2 atom stereocenters. The molecule has 34 heavy (non-hydrogen) atoms. The Morgan fingerprint density at radius 1 is 1.12 bits per heavy atom. The third-order valence-corrected chi connectivity index (χ3v) is 4.96. The molecular weight excluding hydrogens is 442 g/mol. The Hall–Kier alpha value is -3.14. The summed E-state index contributed by atoms with van der Waals surface area (Å²) in [5.74, 6) is -1.89. The quantitative estimate of drug-likeness (QED) is 0.435. The standard InChI is InChI=1S/C24H37N3O7/c1-8-11-27(22(31)18(14-28)26-23(32)34-24(4,5)6)20(21(30)25-13-19(29)33-7)17-10-9-15(2)16(3)12-17/h9-10,12,18,20,28H,8,11,13-14H2,1-7H3,(H,25,30)(H,26,32). The van der Waals surface area contributed by atoms with Crippen LogP contribution in [0.5, 0.6) is 0 Å². The van der Waals surface area contributed by atoms with Gasteiger partial charge in [0.1, 0.15) is 24.2 Å². The van der Waals surface area contributed by atoms with Crippen molar-refractivity contribution in [1.29, 1.82) is 0 Å². The lowest BCUT2D eigenvalue weighted by atomic mass is 9.98. The summed E-state index contributed by atoms with van der Waals surface area (Å²) in [7, 11) is 1.20. The number of aliphatic hydroxyl groups is 1. The molecule has 0 bridgehead atoms. The summed E-state index contributed by atoms with van der Waals surface area (Å²) in [5.41, 5.74) is 1.65. The third kappa shape index (κ3) is 8.66. The lowest BCUT2D eigenvalue weighted by Crippen LogP contribution is -2.54. The number of carbonyl (C=O) groups excluding carboxylic acids is 4. The van der Waals surface area contributed by atoms with Gasteiger partial charge in [-0.15, -0.1) is 0 Å². The topological polar surface area (TPSA) is 134 Å². The van der Waals surface area contributed by atoms with Gasteiger partial charge in [0.05, 0.1) is 13.7 Å². The molecule has 0 aliphatic carbocycles. The van der Waals surface area contributed by atoms with E-state index in [-0.39, 0.29) is 13.1 Å². The number of nitrogens with one attached hydrogen (secondary N) is 2. The largest absolute Gasteiger partial charge is 0.468 e. The van der Waals surface area contributed by atoms with Crippen molar-refractivity contribution in [3.05, 3.63) is 34.9 Å². The minimum atomic E-state index is -1.33. The van der Waals surface area contributed by atoms with Crippen LogP contribution < -0.4 is 10.6 Å². The van der Waals surface area contributed by atoms with Gasteiger partial charge in [0.25, 0.3) is 0 Å². The highest BCUT2D eigenvalue weighted by atomic mass is 16.6. The Kier molecular flexibility index (Phi) is 11.0. The van der Waals surface area contributed by atoms with E-state index in [1.165, 1.54) is 12.0 Å². The first-order valence-electron chi connectivity index (χ1n) is 11.2. The van der Waals surface area contributed by atoms with Crippen molar-refractivity contribution < 1.29 is 33.8 Å². The SMILES string of the molecule is CCCN(C(=O)C(CO)NC(=O)OC(C)(C)C)C(C(=O)NCC(=O)OC)c1ccc(C)c(C)c1. The molecule has 0 radical (unpaired) electrons. The van der Waals surface area contributed by atoms with Gasteiger partial charge in [-0.05, 0) is 57.7 Å². The predicted molar refractivity (Wildman–Crippen MR) is 126 cm³/mol. The Bertz CT molecular complexity index is 880. The second-order valence-electron chi connectivity index (χ2n) is 8.95. The number of ether oxygens (including phenoxy) is 2. The van der Waals surface area contributed by atoms with Gasteiger partial charge in [0.2, 0.25) is 11.8 Å². The number of methoxy groups -OCH3 is 1. The highest BCUT2D eigenvalue weighted by molar-refractivity contribution is 5.93. The second kappa shape index (κ2) is 12.9. The molecule has 0 heterocycles. The van der Waals surface area contributed by atoms with Crippen molar-refractivity contribution in [1.82, 2.24) is 15.5 Å². The predicted octanol–water partition coefficient (Wildman–Crippen LogP) is 1.76. The normalized spacial score (nSPS) is 12.8. The first-order chi connectivity index (χ1) is 15.8. The van der Waals surface area contributed by atoms with Crippen molar-refractivity contribution in [2.75, 3.05) is 26.8 Å². The monoisotopic (exact) mass is 479 g/mol. The van der Waals surface area contributed by atoms with E-state index in [4.69, 9.17) is 4.74 Å². The zero-order valence-electron chi connectivity index (χ0n) is 21.1. The first kappa shape index (κ1) is 28.9. The summed E-state index contributed by atoms with van der Waals surface area (Å²) < 4.78 is 9.78. The number of rotatable bonds is 10. The van der Waals surface area contributed by atoms with Gasteiger partial charge >= 0.3 is 12.1 Å². The molecule has 190 valence electrons. The molecule has 3 amide bonds. The molecule has 0 aliphatic rings. The van der Waals surface area contributed by atoms with E-state index in [9.17, 15) is 24.3 Å². The lowest BCUT2D eigenvalue weighted by Gasteiger charge is -2.34. The van der Waals surface area contributed by atoms with Crippen molar-refractivity contribution in [2.45, 2.75) is 65.6 Å². The van der Waals surface area contributed by atoms with Crippen LogP contribution in [0.2, 0.25) is 0 Å². The van der Waals surface area contributed by atoms with Gasteiger partial charge in [-0.25, -0.2) is 4.79 Å². The fraction of sp³-hybridized carbons (Fsp3) is 0.583. The van der Waals surface area contributed by atoms with E-state index >= 15 is 0 Å². The average molecular weight is 480 g/mol. The van der Waals surface area contributed by atoms with Crippen LogP contribution in [-0.2, 0) is 23.9 Å². The molecule has 0 saturated carbocycles. The minimum Gasteiger partial charge on any atom is -0.468 e. The molecule has 1 aromatic carbocycles. The number of alkyl carbamates (subject to hydrolysis) is 1. The molecule has 0 fully saturated rings. The van der Waals surface area contributed by atoms with Crippen LogP contribution in [0.25, 0.3) is 0 Å². The number of aliphatic hydroxyl groups excluding tert-OH is 1. The van der Waals surface area contributed by atoms with Crippen LogP contribution in [0.1, 0.15) is 56.8 Å². The third-order valence-electron chi connectivity index (χ3n) is 4.96. The summed E-state index contributed by atoms with van der Waals surface area (Å²) >= 11 is 0. The Balaban J connectivity index is 3.36. The molecule has 10 nitrogen and oxygen atoms in total. The fourth-order valence-electron chi connectivity index (χ4n) is 3.18. The molecule has 3 N–H and O–H groups in total. The zero-order valence-corrected chi connectivity index (χ0v) is 21.1. The van der Waals surface area contributed by atoms with Crippen molar-refractivity contribution >= 4 is 23.9 Å². The smallest absolute Gasteiger partial charge is 0.408 e. The molecular formula is C24H37N3O7. The molecule has 0 aliphatic heterocycles. The number of hydrogen-bond donors (Lipinski definition) is 3. The maximum atomic E-state index is 13.5. The van der Waals surface area contributed by atoms with Crippen LogP contribution in [0.3, 0.4) is 0 Å². The van der Waals surface area contributed by atoms with Gasteiger partial charge in [0, 0.05) is 6.54 Å². The van der Waals surface area contributed by atoms with Crippen LogP contribution in [0.4, 0.5) is 4.79 Å². The number of esters is 1. The van der Waals surface area contributed by atoms with E-state index in [0.717, 1.165) is 11.1 Å². The second-order valence-corrected chi connectivity index (χ2v) is 8.95. The minimum absolute atomic E-state index is 0.161. The number of hydrogen-bond acceptors (Lipinski definition) is 7. The van der Waals surface area contributed by atoms with Crippen molar-refractivity contribution in [3.63, 3.8) is 0 Å². The van der Waals surface area contributed by atoms with Crippen LogP contribution in [0.15, 0.2) is 18.2 Å². The molecule has 2 unspecified atom stereocenters. The zero-order chi connectivity index (χ0) is 26.1. The molecule has 0 saturated heterocycles.